The average Bonchev–Trinajstić information content (AvgIpc) is 2.49. The Labute approximate surface area is 85.4 Å². The van der Waals surface area contributed by atoms with Gasteiger partial charge < -0.3 is 10.2 Å². The molecule has 0 aromatic rings. The summed E-state index contributed by atoms with van der Waals surface area (Å²) in [7, 11) is 2.28. The molecule has 0 bridgehead atoms. The third-order valence-electron chi connectivity index (χ3n) is 3.30. The first-order chi connectivity index (χ1) is 6.36. The highest BCUT2D eigenvalue weighted by Crippen LogP contribution is 2.23. The molecule has 0 spiro atoms. The van der Waals surface area contributed by atoms with Gasteiger partial charge in [-0.25, -0.2) is 0 Å². The molecule has 2 fully saturated rings. The molecule has 76 valence electrons. The summed E-state index contributed by atoms with van der Waals surface area (Å²) in [5.41, 5.74) is 0. The molecule has 13 heavy (non-hydrogen) atoms. The Morgan fingerprint density at radius 1 is 1.46 bits per heavy atom. The topological polar surface area (TPSA) is 15.3 Å². The molecule has 3 heteroatoms. The first kappa shape index (κ1) is 9.81. The summed E-state index contributed by atoms with van der Waals surface area (Å²) in [4.78, 5) is 2.55. The van der Waals surface area contributed by atoms with Crippen LogP contribution in [0, 0.1) is 5.92 Å². The molecule has 2 nitrogen and oxygen atoms in total. The second kappa shape index (κ2) is 4.67. The monoisotopic (exact) mass is 200 g/mol. The highest BCUT2D eigenvalue weighted by Gasteiger charge is 2.23. The maximum Gasteiger partial charge on any atom is 0.0273 e. The van der Waals surface area contributed by atoms with Gasteiger partial charge in [-0.05, 0) is 45.4 Å². The zero-order valence-corrected chi connectivity index (χ0v) is 9.28. The largest absolute Gasteiger partial charge is 0.316 e. The predicted octanol–water partition coefficient (Wildman–Crippen LogP) is 1.03. The van der Waals surface area contributed by atoms with Gasteiger partial charge >= 0.3 is 0 Å². The van der Waals surface area contributed by atoms with Crippen molar-refractivity contribution in [2.24, 2.45) is 5.92 Å². The van der Waals surface area contributed by atoms with Gasteiger partial charge in [-0.15, -0.1) is 0 Å². The van der Waals surface area contributed by atoms with Crippen LogP contribution in [-0.2, 0) is 0 Å². The zero-order chi connectivity index (χ0) is 9.10. The minimum Gasteiger partial charge on any atom is -0.316 e. The molecule has 0 aliphatic carbocycles. The summed E-state index contributed by atoms with van der Waals surface area (Å²) in [6.45, 7) is 3.80. The maximum atomic E-state index is 3.43. The van der Waals surface area contributed by atoms with Crippen molar-refractivity contribution in [1.29, 1.82) is 0 Å². The van der Waals surface area contributed by atoms with Crippen LogP contribution >= 0.6 is 11.8 Å². The van der Waals surface area contributed by atoms with Crippen molar-refractivity contribution in [2.45, 2.75) is 18.9 Å². The van der Waals surface area contributed by atoms with Gasteiger partial charge in [0.2, 0.25) is 0 Å². The van der Waals surface area contributed by atoms with E-state index in [1.807, 2.05) is 0 Å². The molecule has 1 N–H and O–H groups in total. The van der Waals surface area contributed by atoms with Crippen LogP contribution < -0.4 is 5.32 Å². The van der Waals surface area contributed by atoms with Crippen molar-refractivity contribution in [3.8, 4) is 0 Å². The second-order valence-electron chi connectivity index (χ2n) is 4.32. The lowest BCUT2D eigenvalue weighted by molar-refractivity contribution is 0.253. The van der Waals surface area contributed by atoms with Crippen molar-refractivity contribution >= 4 is 11.8 Å². The van der Waals surface area contributed by atoms with Crippen LogP contribution in [0.25, 0.3) is 0 Å². The van der Waals surface area contributed by atoms with Gasteiger partial charge in [-0.1, -0.05) is 0 Å². The van der Waals surface area contributed by atoms with E-state index >= 15 is 0 Å². The van der Waals surface area contributed by atoms with Crippen molar-refractivity contribution in [2.75, 3.05) is 38.2 Å². The van der Waals surface area contributed by atoms with E-state index in [1.54, 1.807) is 0 Å². The minimum absolute atomic E-state index is 0.888. The van der Waals surface area contributed by atoms with Crippen LogP contribution in [0.1, 0.15) is 12.8 Å². The van der Waals surface area contributed by atoms with Gasteiger partial charge in [0.05, 0.1) is 0 Å². The number of rotatable bonds is 4. The summed E-state index contributed by atoms with van der Waals surface area (Å²) >= 11 is 2.08. The molecule has 2 aliphatic rings. The Hall–Kier alpha value is 0.270. The van der Waals surface area contributed by atoms with E-state index in [9.17, 15) is 0 Å². The van der Waals surface area contributed by atoms with Crippen LogP contribution in [0.4, 0.5) is 0 Å². The standard InChI is InChI=1S/C10H20N2S/c1-12(10-7-13-8-10)5-3-9-2-4-11-6-9/h9-11H,2-8H2,1H3. The fraction of sp³-hybridized carbons (Fsp3) is 1.00. The van der Waals surface area contributed by atoms with Gasteiger partial charge in [0, 0.05) is 17.5 Å². The Morgan fingerprint density at radius 3 is 2.85 bits per heavy atom. The Bertz CT molecular complexity index is 153. The van der Waals surface area contributed by atoms with Crippen molar-refractivity contribution < 1.29 is 0 Å². The van der Waals surface area contributed by atoms with Crippen LogP contribution in [-0.4, -0.2) is 49.1 Å². The van der Waals surface area contributed by atoms with E-state index in [2.05, 4.69) is 29.0 Å². The quantitative estimate of drug-likeness (QED) is 0.730. The van der Waals surface area contributed by atoms with Crippen LogP contribution in [0.15, 0.2) is 0 Å². The van der Waals surface area contributed by atoms with Crippen LogP contribution in [0.5, 0.6) is 0 Å². The third-order valence-corrected chi connectivity index (χ3v) is 4.54. The fourth-order valence-corrected chi connectivity index (χ4v) is 2.96. The lowest BCUT2D eigenvalue weighted by atomic mass is 10.0. The van der Waals surface area contributed by atoms with Gasteiger partial charge in [-0.2, -0.15) is 11.8 Å². The Kier molecular flexibility index (Phi) is 3.52. The van der Waals surface area contributed by atoms with E-state index in [1.165, 1.54) is 44.0 Å². The normalized spacial score (nSPS) is 29.5. The highest BCUT2D eigenvalue weighted by atomic mass is 32.2. The van der Waals surface area contributed by atoms with Crippen LogP contribution in [0.3, 0.4) is 0 Å². The van der Waals surface area contributed by atoms with E-state index in [-0.39, 0.29) is 0 Å². The van der Waals surface area contributed by atoms with Gasteiger partial charge in [0.15, 0.2) is 0 Å². The molecule has 0 amide bonds. The molecule has 1 atom stereocenters. The SMILES string of the molecule is CN(CCC1CCNC1)C1CSC1. The Morgan fingerprint density at radius 2 is 2.31 bits per heavy atom. The van der Waals surface area contributed by atoms with Crippen LogP contribution in [0.2, 0.25) is 0 Å². The molecular formula is C10H20N2S. The van der Waals surface area contributed by atoms with Crippen molar-refractivity contribution in [3.05, 3.63) is 0 Å². The van der Waals surface area contributed by atoms with Crippen molar-refractivity contribution in [1.82, 2.24) is 10.2 Å². The first-order valence-electron chi connectivity index (χ1n) is 5.35. The number of nitrogens with zero attached hydrogens (tertiary/aromatic N) is 1. The number of nitrogens with one attached hydrogen (secondary N) is 1. The number of hydrogen-bond acceptors (Lipinski definition) is 3. The van der Waals surface area contributed by atoms with E-state index < -0.39 is 0 Å². The second-order valence-corrected chi connectivity index (χ2v) is 5.39. The molecule has 0 aromatic heterocycles. The minimum atomic E-state index is 0.888. The highest BCUT2D eigenvalue weighted by molar-refractivity contribution is 8.00. The summed E-state index contributed by atoms with van der Waals surface area (Å²) in [5.74, 6) is 3.67. The molecule has 0 saturated carbocycles. The summed E-state index contributed by atoms with van der Waals surface area (Å²) < 4.78 is 0. The molecule has 2 saturated heterocycles. The zero-order valence-electron chi connectivity index (χ0n) is 8.46. The fourth-order valence-electron chi connectivity index (χ4n) is 2.01. The van der Waals surface area contributed by atoms with Gasteiger partial charge in [0.25, 0.3) is 0 Å². The molecule has 0 radical (unpaired) electrons. The molecule has 1 unspecified atom stereocenters. The van der Waals surface area contributed by atoms with Gasteiger partial charge in [0.1, 0.15) is 0 Å². The van der Waals surface area contributed by atoms with E-state index in [0.717, 1.165) is 12.0 Å². The third kappa shape index (κ3) is 2.61. The summed E-state index contributed by atoms with van der Waals surface area (Å²) in [6, 6.07) is 0.888. The molecule has 2 rings (SSSR count). The summed E-state index contributed by atoms with van der Waals surface area (Å²) in [6.07, 6.45) is 2.79. The number of thioether (sulfide) groups is 1. The Balaban J connectivity index is 1.60. The predicted molar refractivity (Wildman–Crippen MR) is 59.3 cm³/mol. The molecule has 2 aliphatic heterocycles. The molecule has 2 heterocycles. The molecule has 0 aromatic carbocycles. The average molecular weight is 200 g/mol. The van der Waals surface area contributed by atoms with Gasteiger partial charge in [-0.3, -0.25) is 0 Å². The summed E-state index contributed by atoms with van der Waals surface area (Å²) in [5, 5.41) is 3.43. The lowest BCUT2D eigenvalue weighted by Crippen LogP contribution is -2.42. The van der Waals surface area contributed by atoms with E-state index in [0.29, 0.717) is 0 Å². The lowest BCUT2D eigenvalue weighted by Gasteiger charge is -2.34. The van der Waals surface area contributed by atoms with Crippen molar-refractivity contribution in [3.63, 3.8) is 0 Å². The smallest absolute Gasteiger partial charge is 0.0273 e. The number of hydrogen-bond donors (Lipinski definition) is 1. The molecular weight excluding hydrogens is 180 g/mol. The van der Waals surface area contributed by atoms with E-state index in [4.69, 9.17) is 0 Å². The first-order valence-corrected chi connectivity index (χ1v) is 6.50. The maximum absolute atomic E-state index is 3.43.